The molecule has 2 rings (SSSR count). The number of phenolic OH excluding ortho intramolecular Hbond substituents is 1. The molecule has 0 aliphatic carbocycles. The molecule has 0 unspecified atom stereocenters. The molecule has 0 fully saturated rings. The molecule has 18 heavy (non-hydrogen) atoms. The van der Waals surface area contributed by atoms with Gasteiger partial charge >= 0.3 is 0 Å². The lowest BCUT2D eigenvalue weighted by Gasteiger charge is -2.09. The fraction of sp³-hybridized carbons (Fsp3) is 0.182. The highest BCUT2D eigenvalue weighted by Crippen LogP contribution is 2.42. The van der Waals surface area contributed by atoms with Crippen LogP contribution in [0.2, 0.25) is 0 Å². The second-order valence-electron chi connectivity index (χ2n) is 3.68. The number of nitrogens with zero attached hydrogens (tertiary/aromatic N) is 2. The van der Waals surface area contributed by atoms with Crippen LogP contribution in [0, 0.1) is 5.82 Å². The Hall–Kier alpha value is -1.76. The van der Waals surface area contributed by atoms with Crippen molar-refractivity contribution < 1.29 is 14.2 Å². The van der Waals surface area contributed by atoms with Crippen LogP contribution < -0.4 is 10.5 Å². The molecule has 1 aromatic heterocycles. The molecule has 0 radical (unpaired) electrons. The third kappa shape index (κ3) is 1.90. The number of phenols is 1. The Balaban J connectivity index is 2.68. The number of methoxy groups -OCH3 is 1. The van der Waals surface area contributed by atoms with Crippen LogP contribution in [0.25, 0.3) is 11.3 Å². The molecule has 1 heterocycles. The minimum absolute atomic E-state index is 0.0482. The third-order valence-corrected chi connectivity index (χ3v) is 3.32. The Morgan fingerprint density at radius 3 is 2.67 bits per heavy atom. The summed E-state index contributed by atoms with van der Waals surface area (Å²) in [5.74, 6) is -0.300. The van der Waals surface area contributed by atoms with Gasteiger partial charge in [0.25, 0.3) is 0 Å². The van der Waals surface area contributed by atoms with Crippen LogP contribution in [0.3, 0.4) is 0 Å². The van der Waals surface area contributed by atoms with Crippen molar-refractivity contribution in [1.29, 1.82) is 0 Å². The van der Waals surface area contributed by atoms with E-state index in [0.717, 1.165) is 6.07 Å². The lowest BCUT2D eigenvalue weighted by atomic mass is 10.1. The van der Waals surface area contributed by atoms with Gasteiger partial charge in [0.15, 0.2) is 11.5 Å². The molecule has 5 nitrogen and oxygen atoms in total. The standard InChI is InChI=1S/C11H11BrFN3O2/c1-16-8(14)4-6(15-16)9-5(13)3-7(18-2)11(17)10(9)12/h3-4,17H,14H2,1-2H3. The average Bonchev–Trinajstić information content (AvgIpc) is 2.64. The van der Waals surface area contributed by atoms with E-state index in [-0.39, 0.29) is 21.5 Å². The molecule has 0 saturated carbocycles. The number of halogens is 2. The van der Waals surface area contributed by atoms with Crippen molar-refractivity contribution in [2.45, 2.75) is 0 Å². The molecular weight excluding hydrogens is 305 g/mol. The Labute approximate surface area is 111 Å². The minimum atomic E-state index is -0.561. The number of hydrogen-bond donors (Lipinski definition) is 2. The first-order valence-electron chi connectivity index (χ1n) is 5.00. The Bertz CT molecular complexity index is 593. The zero-order chi connectivity index (χ0) is 13.4. The second kappa shape index (κ2) is 4.49. The normalized spacial score (nSPS) is 10.7. The van der Waals surface area contributed by atoms with Crippen LogP contribution in [-0.2, 0) is 7.05 Å². The van der Waals surface area contributed by atoms with E-state index < -0.39 is 5.82 Å². The predicted octanol–water partition coefficient (Wildman–Crippen LogP) is 2.29. The topological polar surface area (TPSA) is 73.3 Å². The first kappa shape index (κ1) is 12.7. The Kier molecular flexibility index (Phi) is 3.16. The van der Waals surface area contributed by atoms with E-state index in [1.165, 1.54) is 17.9 Å². The number of nitrogen functional groups attached to an aromatic ring is 1. The molecule has 96 valence electrons. The smallest absolute Gasteiger partial charge is 0.173 e. The molecule has 1 aromatic carbocycles. The van der Waals surface area contributed by atoms with E-state index in [1.807, 2.05) is 0 Å². The zero-order valence-electron chi connectivity index (χ0n) is 9.74. The van der Waals surface area contributed by atoms with Crippen LogP contribution in [0.5, 0.6) is 11.5 Å². The number of anilines is 1. The second-order valence-corrected chi connectivity index (χ2v) is 4.47. The Morgan fingerprint density at radius 2 is 2.17 bits per heavy atom. The van der Waals surface area contributed by atoms with Gasteiger partial charge in [-0.25, -0.2) is 4.39 Å². The van der Waals surface area contributed by atoms with E-state index in [2.05, 4.69) is 21.0 Å². The highest BCUT2D eigenvalue weighted by atomic mass is 79.9. The summed E-state index contributed by atoms with van der Waals surface area (Å²) < 4.78 is 20.4. The van der Waals surface area contributed by atoms with E-state index in [1.54, 1.807) is 7.05 Å². The van der Waals surface area contributed by atoms with E-state index >= 15 is 0 Å². The van der Waals surface area contributed by atoms with Gasteiger partial charge in [-0.1, -0.05) is 0 Å². The van der Waals surface area contributed by atoms with Crippen molar-refractivity contribution in [3.05, 3.63) is 22.4 Å². The maximum atomic E-state index is 14.0. The van der Waals surface area contributed by atoms with E-state index in [4.69, 9.17) is 10.5 Å². The van der Waals surface area contributed by atoms with Gasteiger partial charge in [0.05, 0.1) is 22.8 Å². The zero-order valence-corrected chi connectivity index (χ0v) is 11.3. The molecule has 0 atom stereocenters. The van der Waals surface area contributed by atoms with Gasteiger partial charge in [-0.15, -0.1) is 0 Å². The lowest BCUT2D eigenvalue weighted by Crippen LogP contribution is -1.97. The number of ether oxygens (including phenoxy) is 1. The summed E-state index contributed by atoms with van der Waals surface area (Å²) in [5, 5.41) is 13.9. The number of aromatic hydroxyl groups is 1. The SMILES string of the molecule is COc1cc(F)c(-c2cc(N)n(C)n2)c(Br)c1O. The number of hydrogen-bond acceptors (Lipinski definition) is 4. The van der Waals surface area contributed by atoms with Crippen LogP contribution >= 0.6 is 15.9 Å². The van der Waals surface area contributed by atoms with Crippen molar-refractivity contribution >= 4 is 21.7 Å². The van der Waals surface area contributed by atoms with Gasteiger partial charge in [0.1, 0.15) is 11.6 Å². The molecule has 0 bridgehead atoms. The van der Waals surface area contributed by atoms with E-state index in [0.29, 0.717) is 11.5 Å². The van der Waals surface area contributed by atoms with Gasteiger partial charge in [0.2, 0.25) is 0 Å². The highest BCUT2D eigenvalue weighted by Gasteiger charge is 2.20. The monoisotopic (exact) mass is 315 g/mol. The van der Waals surface area contributed by atoms with Crippen LogP contribution in [0.1, 0.15) is 0 Å². The Morgan fingerprint density at radius 1 is 1.50 bits per heavy atom. The van der Waals surface area contributed by atoms with Crippen LogP contribution in [0.15, 0.2) is 16.6 Å². The van der Waals surface area contributed by atoms with Gasteiger partial charge in [0, 0.05) is 19.2 Å². The predicted molar refractivity (Wildman–Crippen MR) is 68.9 cm³/mol. The van der Waals surface area contributed by atoms with Gasteiger partial charge in [-0.05, 0) is 15.9 Å². The molecule has 3 N–H and O–H groups in total. The third-order valence-electron chi connectivity index (χ3n) is 2.55. The largest absolute Gasteiger partial charge is 0.503 e. The summed E-state index contributed by atoms with van der Waals surface area (Å²) in [6.07, 6.45) is 0. The first-order chi connectivity index (χ1) is 8.45. The number of aryl methyl sites for hydroxylation is 1. The summed E-state index contributed by atoms with van der Waals surface area (Å²) >= 11 is 3.13. The fourth-order valence-electron chi connectivity index (χ4n) is 1.58. The molecule has 0 amide bonds. The van der Waals surface area contributed by atoms with Gasteiger partial charge in [-0.2, -0.15) is 5.10 Å². The molecule has 7 heteroatoms. The summed E-state index contributed by atoms with van der Waals surface area (Å²) in [6, 6.07) is 2.62. The van der Waals surface area contributed by atoms with Crippen molar-refractivity contribution in [3.63, 3.8) is 0 Å². The van der Waals surface area contributed by atoms with Crippen molar-refractivity contribution in [3.8, 4) is 22.8 Å². The van der Waals surface area contributed by atoms with Crippen molar-refractivity contribution in [2.75, 3.05) is 12.8 Å². The van der Waals surface area contributed by atoms with Gasteiger partial charge < -0.3 is 15.6 Å². The van der Waals surface area contributed by atoms with Crippen molar-refractivity contribution in [1.82, 2.24) is 9.78 Å². The minimum Gasteiger partial charge on any atom is -0.503 e. The number of aromatic nitrogens is 2. The molecule has 0 aliphatic rings. The van der Waals surface area contributed by atoms with Crippen molar-refractivity contribution in [2.24, 2.45) is 7.05 Å². The summed E-state index contributed by atoms with van der Waals surface area (Å²) in [7, 11) is 2.99. The first-order valence-corrected chi connectivity index (χ1v) is 5.79. The molecule has 0 spiro atoms. The number of rotatable bonds is 2. The summed E-state index contributed by atoms with van der Waals surface area (Å²) in [4.78, 5) is 0. The number of benzene rings is 1. The van der Waals surface area contributed by atoms with Crippen LogP contribution in [0.4, 0.5) is 10.2 Å². The maximum absolute atomic E-state index is 14.0. The summed E-state index contributed by atoms with van der Waals surface area (Å²) in [5.41, 5.74) is 6.12. The maximum Gasteiger partial charge on any atom is 0.173 e. The van der Waals surface area contributed by atoms with E-state index in [9.17, 15) is 9.50 Å². The quantitative estimate of drug-likeness (QED) is 0.891. The lowest BCUT2D eigenvalue weighted by molar-refractivity contribution is 0.369. The molecular formula is C11H11BrFN3O2. The molecule has 0 aliphatic heterocycles. The average molecular weight is 316 g/mol. The molecule has 2 aromatic rings. The van der Waals surface area contributed by atoms with Crippen LogP contribution in [-0.4, -0.2) is 22.0 Å². The highest BCUT2D eigenvalue weighted by molar-refractivity contribution is 9.10. The summed E-state index contributed by atoms with van der Waals surface area (Å²) in [6.45, 7) is 0. The number of nitrogens with two attached hydrogens (primary N) is 1. The molecule has 0 saturated heterocycles. The fourth-order valence-corrected chi connectivity index (χ4v) is 2.17. The van der Waals surface area contributed by atoms with Gasteiger partial charge in [-0.3, -0.25) is 4.68 Å².